The van der Waals surface area contributed by atoms with Crippen LogP contribution in [0.1, 0.15) is 18.4 Å². The van der Waals surface area contributed by atoms with Gasteiger partial charge in [0.15, 0.2) is 0 Å². The second-order valence-electron chi connectivity index (χ2n) is 6.58. The lowest BCUT2D eigenvalue weighted by Gasteiger charge is -2.32. The van der Waals surface area contributed by atoms with E-state index in [0.717, 1.165) is 38.0 Å². The summed E-state index contributed by atoms with van der Waals surface area (Å²) in [6.45, 7) is 3.63. The van der Waals surface area contributed by atoms with Crippen molar-refractivity contribution in [2.24, 2.45) is 11.7 Å². The molecule has 2 heterocycles. The van der Waals surface area contributed by atoms with Crippen LogP contribution in [0.25, 0.3) is 0 Å². The first kappa shape index (κ1) is 16.9. The lowest BCUT2D eigenvalue weighted by atomic mass is 9.97. The molecule has 0 spiro atoms. The number of nitrogens with two attached hydrogens (primary N) is 1. The van der Waals surface area contributed by atoms with Gasteiger partial charge >= 0.3 is 0 Å². The lowest BCUT2D eigenvalue weighted by molar-refractivity contribution is -0.128. The summed E-state index contributed by atoms with van der Waals surface area (Å²) in [5.41, 5.74) is 7.71. The zero-order chi connectivity index (χ0) is 16.9. The maximum absolute atomic E-state index is 12.7. The summed E-state index contributed by atoms with van der Waals surface area (Å²) in [6, 6.07) is 8.09. The van der Waals surface area contributed by atoms with E-state index in [4.69, 9.17) is 5.73 Å². The number of fused-ring (bicyclic) bond motifs is 1. The standard InChI is InChI=1S/C18H26N4O2/c19-8-9-20-18(24)15-5-3-10-21(12-15)13-17(23)22-11-7-14-4-1-2-6-16(14)22/h1-2,4,6,15H,3,5,7-13,19H2,(H,20,24). The number of hydrogen-bond donors (Lipinski definition) is 2. The molecule has 3 N–H and O–H groups in total. The largest absolute Gasteiger partial charge is 0.355 e. The molecule has 0 saturated carbocycles. The summed E-state index contributed by atoms with van der Waals surface area (Å²) in [4.78, 5) is 28.8. The van der Waals surface area contributed by atoms with Gasteiger partial charge in [0, 0.05) is 31.9 Å². The first-order valence-electron chi connectivity index (χ1n) is 8.77. The molecule has 130 valence electrons. The molecule has 1 aromatic rings. The van der Waals surface area contributed by atoms with E-state index in [1.807, 2.05) is 23.1 Å². The van der Waals surface area contributed by atoms with Crippen LogP contribution in [0.5, 0.6) is 0 Å². The summed E-state index contributed by atoms with van der Waals surface area (Å²) in [6.07, 6.45) is 2.75. The van der Waals surface area contributed by atoms with E-state index in [2.05, 4.69) is 16.3 Å². The van der Waals surface area contributed by atoms with Crippen LogP contribution in [0.2, 0.25) is 0 Å². The quantitative estimate of drug-likeness (QED) is 0.817. The fourth-order valence-corrected chi connectivity index (χ4v) is 3.63. The molecule has 24 heavy (non-hydrogen) atoms. The summed E-state index contributed by atoms with van der Waals surface area (Å²) in [7, 11) is 0. The Kier molecular flexibility index (Phi) is 5.48. The molecule has 1 fully saturated rings. The van der Waals surface area contributed by atoms with Crippen molar-refractivity contribution in [3.8, 4) is 0 Å². The van der Waals surface area contributed by atoms with E-state index in [9.17, 15) is 9.59 Å². The van der Waals surface area contributed by atoms with Crippen molar-refractivity contribution in [3.05, 3.63) is 29.8 Å². The molecule has 2 amide bonds. The first-order chi connectivity index (χ1) is 11.7. The number of para-hydroxylation sites is 1. The zero-order valence-corrected chi connectivity index (χ0v) is 14.0. The Morgan fingerprint density at radius 1 is 1.25 bits per heavy atom. The molecule has 0 aromatic heterocycles. The van der Waals surface area contributed by atoms with E-state index in [-0.39, 0.29) is 17.7 Å². The molecule has 1 atom stereocenters. The first-order valence-corrected chi connectivity index (χ1v) is 8.77. The van der Waals surface area contributed by atoms with Crippen molar-refractivity contribution in [2.75, 3.05) is 44.2 Å². The molecule has 6 heteroatoms. The minimum Gasteiger partial charge on any atom is -0.355 e. The number of amides is 2. The number of anilines is 1. The SMILES string of the molecule is NCCNC(=O)C1CCCN(CC(=O)N2CCc3ccccc32)C1. The highest BCUT2D eigenvalue weighted by Gasteiger charge is 2.29. The van der Waals surface area contributed by atoms with Crippen LogP contribution in [0.3, 0.4) is 0 Å². The molecular formula is C18H26N4O2. The number of nitrogens with one attached hydrogen (secondary N) is 1. The summed E-state index contributed by atoms with van der Waals surface area (Å²) < 4.78 is 0. The van der Waals surface area contributed by atoms with Crippen molar-refractivity contribution >= 4 is 17.5 Å². The van der Waals surface area contributed by atoms with Crippen LogP contribution in [0.4, 0.5) is 5.69 Å². The van der Waals surface area contributed by atoms with Gasteiger partial charge in [0.2, 0.25) is 11.8 Å². The van der Waals surface area contributed by atoms with Gasteiger partial charge in [-0.05, 0) is 37.4 Å². The second kappa shape index (κ2) is 7.77. The number of carbonyl (C=O) groups excluding carboxylic acids is 2. The van der Waals surface area contributed by atoms with Gasteiger partial charge < -0.3 is 16.0 Å². The van der Waals surface area contributed by atoms with Crippen LogP contribution in [-0.2, 0) is 16.0 Å². The van der Waals surface area contributed by atoms with Crippen LogP contribution < -0.4 is 16.0 Å². The van der Waals surface area contributed by atoms with Gasteiger partial charge in [-0.25, -0.2) is 0 Å². The van der Waals surface area contributed by atoms with Crippen molar-refractivity contribution < 1.29 is 9.59 Å². The number of likely N-dealkylation sites (tertiary alicyclic amines) is 1. The van der Waals surface area contributed by atoms with Crippen LogP contribution in [-0.4, -0.2) is 56.0 Å². The fraction of sp³-hybridized carbons (Fsp3) is 0.556. The Hall–Kier alpha value is -1.92. The van der Waals surface area contributed by atoms with E-state index >= 15 is 0 Å². The Morgan fingerprint density at radius 3 is 2.92 bits per heavy atom. The number of rotatable bonds is 5. The second-order valence-corrected chi connectivity index (χ2v) is 6.58. The normalized spacial score (nSPS) is 20.7. The summed E-state index contributed by atoms with van der Waals surface area (Å²) in [5, 5.41) is 2.86. The lowest BCUT2D eigenvalue weighted by Crippen LogP contribution is -2.47. The molecule has 2 aliphatic heterocycles. The molecule has 1 aromatic carbocycles. The average molecular weight is 330 g/mol. The Labute approximate surface area is 143 Å². The molecule has 1 saturated heterocycles. The predicted molar refractivity (Wildman–Crippen MR) is 93.7 cm³/mol. The molecule has 0 radical (unpaired) electrons. The van der Waals surface area contributed by atoms with Gasteiger partial charge in [-0.2, -0.15) is 0 Å². The van der Waals surface area contributed by atoms with Gasteiger partial charge in [0.05, 0.1) is 12.5 Å². The van der Waals surface area contributed by atoms with E-state index < -0.39 is 0 Å². The topological polar surface area (TPSA) is 78.7 Å². The summed E-state index contributed by atoms with van der Waals surface area (Å²) >= 11 is 0. The Morgan fingerprint density at radius 2 is 2.08 bits per heavy atom. The van der Waals surface area contributed by atoms with Gasteiger partial charge in [-0.1, -0.05) is 18.2 Å². The monoisotopic (exact) mass is 330 g/mol. The predicted octanol–water partition coefficient (Wildman–Crippen LogP) is 0.363. The third-order valence-corrected chi connectivity index (χ3v) is 4.87. The number of benzene rings is 1. The molecule has 3 rings (SSSR count). The van der Waals surface area contributed by atoms with Crippen molar-refractivity contribution in [2.45, 2.75) is 19.3 Å². The van der Waals surface area contributed by atoms with Gasteiger partial charge in [-0.3, -0.25) is 14.5 Å². The van der Waals surface area contributed by atoms with Crippen molar-refractivity contribution in [3.63, 3.8) is 0 Å². The highest BCUT2D eigenvalue weighted by molar-refractivity contribution is 5.96. The number of hydrogen-bond acceptors (Lipinski definition) is 4. The third-order valence-electron chi connectivity index (χ3n) is 4.87. The van der Waals surface area contributed by atoms with Crippen LogP contribution in [0, 0.1) is 5.92 Å². The zero-order valence-electron chi connectivity index (χ0n) is 14.0. The van der Waals surface area contributed by atoms with Crippen molar-refractivity contribution in [1.82, 2.24) is 10.2 Å². The van der Waals surface area contributed by atoms with Crippen LogP contribution >= 0.6 is 0 Å². The molecule has 1 unspecified atom stereocenters. The molecule has 0 bridgehead atoms. The van der Waals surface area contributed by atoms with Crippen molar-refractivity contribution in [1.29, 1.82) is 0 Å². The van der Waals surface area contributed by atoms with Crippen LogP contribution in [0.15, 0.2) is 24.3 Å². The maximum Gasteiger partial charge on any atom is 0.241 e. The average Bonchev–Trinajstić information content (AvgIpc) is 3.04. The highest BCUT2D eigenvalue weighted by atomic mass is 16.2. The van der Waals surface area contributed by atoms with Gasteiger partial charge in [-0.15, -0.1) is 0 Å². The van der Waals surface area contributed by atoms with E-state index in [1.54, 1.807) is 0 Å². The number of piperidine rings is 1. The molecule has 6 nitrogen and oxygen atoms in total. The Bertz CT molecular complexity index is 604. The minimum absolute atomic E-state index is 0.0380. The fourth-order valence-electron chi connectivity index (χ4n) is 3.63. The minimum atomic E-state index is -0.0380. The number of carbonyl (C=O) groups is 2. The Balaban J connectivity index is 1.56. The third kappa shape index (κ3) is 3.76. The molecule has 0 aliphatic carbocycles. The van der Waals surface area contributed by atoms with E-state index in [0.29, 0.717) is 26.2 Å². The van der Waals surface area contributed by atoms with Gasteiger partial charge in [0.25, 0.3) is 0 Å². The summed E-state index contributed by atoms with van der Waals surface area (Å²) in [5.74, 6) is 0.149. The highest BCUT2D eigenvalue weighted by Crippen LogP contribution is 2.27. The molecule has 2 aliphatic rings. The van der Waals surface area contributed by atoms with Gasteiger partial charge in [0.1, 0.15) is 0 Å². The molecular weight excluding hydrogens is 304 g/mol. The smallest absolute Gasteiger partial charge is 0.241 e. The maximum atomic E-state index is 12.7. The number of nitrogens with zero attached hydrogens (tertiary/aromatic N) is 2. The van der Waals surface area contributed by atoms with E-state index in [1.165, 1.54) is 5.56 Å².